The molecule has 1 unspecified atom stereocenters. The molecule has 1 rings (SSSR count). The third kappa shape index (κ3) is 11.9. The lowest BCUT2D eigenvalue weighted by atomic mass is 10.1. The Morgan fingerprint density at radius 3 is 2.18 bits per heavy atom. The summed E-state index contributed by atoms with van der Waals surface area (Å²) >= 11 is 0. The van der Waals surface area contributed by atoms with Crippen LogP contribution in [-0.4, -0.2) is 62.1 Å². The molecule has 0 aliphatic heterocycles. The average molecular weight is 504 g/mol. The molecule has 162 valence electrons. The molecular formula is C22H42IN5. The maximum atomic E-state index is 4.76. The molecule has 0 saturated carbocycles. The fourth-order valence-electron chi connectivity index (χ4n) is 3.07. The van der Waals surface area contributed by atoms with Crippen LogP contribution in [-0.2, 0) is 13.1 Å². The van der Waals surface area contributed by atoms with Crippen LogP contribution < -0.4 is 10.6 Å². The molecule has 1 aromatic carbocycles. The van der Waals surface area contributed by atoms with Crippen molar-refractivity contribution in [1.82, 2.24) is 20.4 Å². The molecule has 0 amide bonds. The summed E-state index contributed by atoms with van der Waals surface area (Å²) in [6, 6.07) is 9.17. The fraction of sp³-hybridized carbons (Fsp3) is 0.682. The van der Waals surface area contributed by atoms with Crippen molar-refractivity contribution in [2.45, 2.75) is 59.7 Å². The van der Waals surface area contributed by atoms with Crippen LogP contribution in [0, 0.1) is 0 Å². The summed E-state index contributed by atoms with van der Waals surface area (Å²) in [4.78, 5) is 9.42. The lowest BCUT2D eigenvalue weighted by Gasteiger charge is -2.21. The van der Waals surface area contributed by atoms with E-state index in [0.29, 0.717) is 12.6 Å². The number of benzene rings is 1. The molecule has 0 aromatic heterocycles. The summed E-state index contributed by atoms with van der Waals surface area (Å²) in [6.07, 6.45) is 2.36. The Kier molecular flexibility index (Phi) is 15.5. The van der Waals surface area contributed by atoms with E-state index in [2.05, 4.69) is 86.5 Å². The number of hydrogen-bond donors (Lipinski definition) is 2. The number of nitrogens with one attached hydrogen (secondary N) is 2. The van der Waals surface area contributed by atoms with Gasteiger partial charge in [0.1, 0.15) is 0 Å². The van der Waals surface area contributed by atoms with E-state index in [1.54, 1.807) is 0 Å². The van der Waals surface area contributed by atoms with Crippen molar-refractivity contribution in [3.63, 3.8) is 0 Å². The monoisotopic (exact) mass is 503 g/mol. The van der Waals surface area contributed by atoms with Gasteiger partial charge in [0.25, 0.3) is 0 Å². The van der Waals surface area contributed by atoms with Gasteiger partial charge in [-0.15, -0.1) is 24.0 Å². The summed E-state index contributed by atoms with van der Waals surface area (Å²) in [7, 11) is 4.19. The van der Waals surface area contributed by atoms with Gasteiger partial charge in [-0.05, 0) is 71.5 Å². The minimum atomic E-state index is 0. The SMILES string of the molecule is CCNC(=NCc1ccc(CN(C)C)cc1)NC(C)CCCN(CC)CC.I. The number of hydrogen-bond acceptors (Lipinski definition) is 3. The van der Waals surface area contributed by atoms with E-state index in [-0.39, 0.29) is 24.0 Å². The molecule has 0 heterocycles. The van der Waals surface area contributed by atoms with Crippen molar-refractivity contribution >= 4 is 29.9 Å². The van der Waals surface area contributed by atoms with Crippen LogP contribution in [0.4, 0.5) is 0 Å². The first-order valence-electron chi connectivity index (χ1n) is 10.5. The van der Waals surface area contributed by atoms with Crippen LogP contribution in [0.25, 0.3) is 0 Å². The molecule has 5 nitrogen and oxygen atoms in total. The zero-order valence-electron chi connectivity index (χ0n) is 18.8. The van der Waals surface area contributed by atoms with Crippen LogP contribution in [0.5, 0.6) is 0 Å². The van der Waals surface area contributed by atoms with E-state index in [0.717, 1.165) is 38.6 Å². The van der Waals surface area contributed by atoms with Crippen LogP contribution in [0.2, 0.25) is 0 Å². The molecule has 0 saturated heterocycles. The zero-order valence-corrected chi connectivity index (χ0v) is 21.1. The smallest absolute Gasteiger partial charge is 0.191 e. The number of halogens is 1. The topological polar surface area (TPSA) is 42.9 Å². The van der Waals surface area contributed by atoms with Gasteiger partial charge in [-0.2, -0.15) is 0 Å². The third-order valence-corrected chi connectivity index (χ3v) is 4.67. The molecule has 0 aliphatic carbocycles. The maximum absolute atomic E-state index is 4.76. The van der Waals surface area contributed by atoms with Crippen molar-refractivity contribution in [2.24, 2.45) is 4.99 Å². The van der Waals surface area contributed by atoms with E-state index in [9.17, 15) is 0 Å². The summed E-state index contributed by atoms with van der Waals surface area (Å²) in [5.41, 5.74) is 2.57. The molecule has 0 aliphatic rings. The molecule has 6 heteroatoms. The Labute approximate surface area is 190 Å². The lowest BCUT2D eigenvalue weighted by molar-refractivity contribution is 0.292. The second-order valence-corrected chi connectivity index (χ2v) is 7.46. The van der Waals surface area contributed by atoms with Gasteiger partial charge in [0, 0.05) is 19.1 Å². The Balaban J connectivity index is 0.00000729. The average Bonchev–Trinajstić information content (AvgIpc) is 2.64. The highest BCUT2D eigenvalue weighted by atomic mass is 127. The molecule has 1 aromatic rings. The maximum Gasteiger partial charge on any atom is 0.191 e. The van der Waals surface area contributed by atoms with Gasteiger partial charge in [0.2, 0.25) is 0 Å². The third-order valence-electron chi connectivity index (χ3n) is 4.67. The first-order valence-corrected chi connectivity index (χ1v) is 10.5. The van der Waals surface area contributed by atoms with Crippen LogP contribution in [0.1, 0.15) is 51.7 Å². The normalized spacial score (nSPS) is 12.8. The van der Waals surface area contributed by atoms with Crippen LogP contribution in [0.3, 0.4) is 0 Å². The Hall–Kier alpha value is -0.860. The van der Waals surface area contributed by atoms with Crippen LogP contribution in [0.15, 0.2) is 29.3 Å². The van der Waals surface area contributed by atoms with Crippen molar-refractivity contribution in [3.8, 4) is 0 Å². The van der Waals surface area contributed by atoms with Gasteiger partial charge in [0.05, 0.1) is 6.54 Å². The zero-order chi connectivity index (χ0) is 20.1. The summed E-state index contributed by atoms with van der Waals surface area (Å²) < 4.78 is 0. The molecule has 0 bridgehead atoms. The van der Waals surface area contributed by atoms with E-state index in [1.807, 2.05) is 0 Å². The number of rotatable bonds is 12. The van der Waals surface area contributed by atoms with Gasteiger partial charge >= 0.3 is 0 Å². The minimum Gasteiger partial charge on any atom is -0.357 e. The van der Waals surface area contributed by atoms with Crippen molar-refractivity contribution < 1.29 is 0 Å². The minimum absolute atomic E-state index is 0. The number of guanidine groups is 1. The van der Waals surface area contributed by atoms with Gasteiger partial charge < -0.3 is 20.4 Å². The van der Waals surface area contributed by atoms with Gasteiger partial charge in [0.15, 0.2) is 5.96 Å². The highest BCUT2D eigenvalue weighted by molar-refractivity contribution is 14.0. The highest BCUT2D eigenvalue weighted by Gasteiger charge is 2.06. The molecule has 28 heavy (non-hydrogen) atoms. The Morgan fingerprint density at radius 1 is 1.04 bits per heavy atom. The molecule has 1 atom stereocenters. The first-order chi connectivity index (χ1) is 13.0. The largest absolute Gasteiger partial charge is 0.357 e. The summed E-state index contributed by atoms with van der Waals surface area (Å²) in [5, 5.41) is 6.91. The molecule has 0 fully saturated rings. The van der Waals surface area contributed by atoms with Crippen molar-refractivity contribution in [1.29, 1.82) is 0 Å². The molecule has 2 N–H and O–H groups in total. The van der Waals surface area contributed by atoms with Crippen LogP contribution >= 0.6 is 24.0 Å². The Bertz CT molecular complexity index is 526. The predicted octanol–water partition coefficient (Wildman–Crippen LogP) is 3.93. The second kappa shape index (κ2) is 16.0. The van der Waals surface area contributed by atoms with E-state index < -0.39 is 0 Å². The van der Waals surface area contributed by atoms with Gasteiger partial charge in [-0.3, -0.25) is 0 Å². The number of nitrogens with zero attached hydrogens (tertiary/aromatic N) is 3. The van der Waals surface area contributed by atoms with Crippen molar-refractivity contribution in [2.75, 3.05) is 40.3 Å². The van der Waals surface area contributed by atoms with Gasteiger partial charge in [-0.1, -0.05) is 38.1 Å². The quantitative estimate of drug-likeness (QED) is 0.258. The standard InChI is InChI=1S/C22H41N5.HI/c1-7-23-22(25-19(4)11-10-16-27(8-2)9-3)24-17-20-12-14-21(15-13-20)18-26(5)6;/h12-15,19H,7-11,16-18H2,1-6H3,(H2,23,24,25);1H. The fourth-order valence-corrected chi connectivity index (χ4v) is 3.07. The first kappa shape index (κ1) is 27.1. The predicted molar refractivity (Wildman–Crippen MR) is 134 cm³/mol. The van der Waals surface area contributed by atoms with E-state index in [4.69, 9.17) is 4.99 Å². The van der Waals surface area contributed by atoms with Crippen molar-refractivity contribution in [3.05, 3.63) is 35.4 Å². The lowest BCUT2D eigenvalue weighted by Crippen LogP contribution is -2.42. The summed E-state index contributed by atoms with van der Waals surface area (Å²) in [5.74, 6) is 0.908. The van der Waals surface area contributed by atoms with E-state index >= 15 is 0 Å². The molecule has 0 radical (unpaired) electrons. The summed E-state index contributed by atoms with van der Waals surface area (Å²) in [6.45, 7) is 14.8. The van der Waals surface area contributed by atoms with Gasteiger partial charge in [-0.25, -0.2) is 4.99 Å². The molecule has 0 spiro atoms. The van der Waals surface area contributed by atoms with E-state index in [1.165, 1.54) is 24.1 Å². The highest BCUT2D eigenvalue weighted by Crippen LogP contribution is 2.07. The Morgan fingerprint density at radius 2 is 1.64 bits per heavy atom. The second-order valence-electron chi connectivity index (χ2n) is 7.46. The molecular weight excluding hydrogens is 461 g/mol. The number of aliphatic imine (C=N–C) groups is 1.